The molecule has 0 fully saturated rings. The van der Waals surface area contributed by atoms with Crippen molar-refractivity contribution in [1.29, 1.82) is 0 Å². The number of unbranched alkanes of at least 4 members (excludes halogenated alkanes) is 1. The summed E-state index contributed by atoms with van der Waals surface area (Å²) in [6.07, 6.45) is 0.0766. The highest BCUT2D eigenvalue weighted by atomic mass is 16.6. The number of aromatic hydroxyl groups is 1. The zero-order valence-corrected chi connectivity index (χ0v) is 23.7. The van der Waals surface area contributed by atoms with Crippen molar-refractivity contribution in [2.24, 2.45) is 5.73 Å². The minimum absolute atomic E-state index is 0.108. The highest BCUT2D eigenvalue weighted by Gasteiger charge is 2.37. The van der Waals surface area contributed by atoms with Crippen LogP contribution in [0.4, 0.5) is 10.5 Å². The molecule has 0 radical (unpaired) electrons. The first-order chi connectivity index (χ1) is 18.9. The lowest BCUT2D eigenvalue weighted by atomic mass is 10.00. The summed E-state index contributed by atoms with van der Waals surface area (Å²) in [5, 5.41) is 16.1. The van der Waals surface area contributed by atoms with Gasteiger partial charge in [0, 0.05) is 24.2 Å². The van der Waals surface area contributed by atoms with Gasteiger partial charge >= 0.3 is 6.09 Å². The average molecular weight is 557 g/mol. The summed E-state index contributed by atoms with van der Waals surface area (Å²) >= 11 is 0. The topological polar surface area (TPSA) is 160 Å². The SMILES string of the molecule is CCCCN(C(=O)C(CCC(N)=O)NC(=O)OC(C)(C)C)C(C(=O)Nc1ccc(OC)cc1)c1ccccc1O. The summed E-state index contributed by atoms with van der Waals surface area (Å²) in [7, 11) is 1.53. The van der Waals surface area contributed by atoms with Gasteiger partial charge in [-0.2, -0.15) is 0 Å². The number of nitrogens with one attached hydrogen (secondary N) is 2. The van der Waals surface area contributed by atoms with Gasteiger partial charge in [-0.15, -0.1) is 0 Å². The van der Waals surface area contributed by atoms with Crippen LogP contribution in [0.2, 0.25) is 0 Å². The second-order valence-corrected chi connectivity index (χ2v) is 10.3. The number of ether oxygens (including phenoxy) is 2. The number of nitrogens with two attached hydrogens (primary N) is 1. The lowest BCUT2D eigenvalue weighted by Gasteiger charge is -2.34. The maximum Gasteiger partial charge on any atom is 0.408 e. The number of alkyl carbamates (subject to hydrolysis) is 1. The van der Waals surface area contributed by atoms with Crippen LogP contribution in [-0.2, 0) is 19.1 Å². The Kier molecular flexibility index (Phi) is 11.8. The number of primary amides is 1. The maximum atomic E-state index is 14.1. The number of phenolic OH excluding ortho intramolecular Hbond substituents is 1. The number of hydrogen-bond donors (Lipinski definition) is 4. The number of benzene rings is 2. The number of phenols is 1. The molecule has 2 rings (SSSR count). The molecule has 0 bridgehead atoms. The minimum atomic E-state index is -1.26. The average Bonchev–Trinajstić information content (AvgIpc) is 2.88. The second kappa shape index (κ2) is 14.8. The van der Waals surface area contributed by atoms with Crippen LogP contribution in [0.15, 0.2) is 48.5 Å². The van der Waals surface area contributed by atoms with Crippen LogP contribution in [0.25, 0.3) is 0 Å². The molecular formula is C29H40N4O7. The number of para-hydroxylation sites is 1. The summed E-state index contributed by atoms with van der Waals surface area (Å²) in [5.74, 6) is -1.44. The number of carbonyl (C=O) groups excluding carboxylic acids is 4. The highest BCUT2D eigenvalue weighted by Crippen LogP contribution is 2.31. The quantitative estimate of drug-likeness (QED) is 0.291. The van der Waals surface area contributed by atoms with Crippen molar-refractivity contribution in [3.05, 3.63) is 54.1 Å². The predicted molar refractivity (Wildman–Crippen MR) is 151 cm³/mol. The predicted octanol–water partition coefficient (Wildman–Crippen LogP) is 3.87. The van der Waals surface area contributed by atoms with Gasteiger partial charge in [-0.05, 0) is 63.9 Å². The zero-order chi connectivity index (χ0) is 29.9. The molecule has 0 aliphatic heterocycles. The Hall–Kier alpha value is -4.28. The van der Waals surface area contributed by atoms with Crippen LogP contribution in [0, 0.1) is 0 Å². The fourth-order valence-electron chi connectivity index (χ4n) is 3.94. The summed E-state index contributed by atoms with van der Waals surface area (Å²) < 4.78 is 10.5. The van der Waals surface area contributed by atoms with Gasteiger partial charge in [0.05, 0.1) is 7.11 Å². The van der Waals surface area contributed by atoms with Gasteiger partial charge in [0.25, 0.3) is 5.91 Å². The third kappa shape index (κ3) is 9.79. The number of methoxy groups -OCH3 is 1. The first-order valence-corrected chi connectivity index (χ1v) is 13.2. The third-order valence-corrected chi connectivity index (χ3v) is 5.85. The van der Waals surface area contributed by atoms with E-state index >= 15 is 0 Å². The number of nitrogens with zero attached hydrogens (tertiary/aromatic N) is 1. The maximum absolute atomic E-state index is 14.1. The molecule has 0 saturated heterocycles. The van der Waals surface area contributed by atoms with Crippen LogP contribution >= 0.6 is 0 Å². The summed E-state index contributed by atoms with van der Waals surface area (Å²) in [5.41, 5.74) is 5.16. The van der Waals surface area contributed by atoms with E-state index in [1.807, 2.05) is 6.92 Å². The Bertz CT molecular complexity index is 1160. The Morgan fingerprint density at radius 1 is 1.05 bits per heavy atom. The van der Waals surface area contributed by atoms with Gasteiger partial charge in [0.15, 0.2) is 0 Å². The number of amides is 4. The Morgan fingerprint density at radius 3 is 2.25 bits per heavy atom. The van der Waals surface area contributed by atoms with Gasteiger partial charge in [-0.1, -0.05) is 31.5 Å². The van der Waals surface area contributed by atoms with Crippen molar-refractivity contribution in [1.82, 2.24) is 10.2 Å². The highest BCUT2D eigenvalue weighted by molar-refractivity contribution is 5.99. The Morgan fingerprint density at radius 2 is 1.70 bits per heavy atom. The molecule has 11 heteroatoms. The summed E-state index contributed by atoms with van der Waals surface area (Å²) in [6, 6.07) is 10.4. The molecule has 5 N–H and O–H groups in total. The van der Waals surface area contributed by atoms with E-state index in [1.54, 1.807) is 63.2 Å². The van der Waals surface area contributed by atoms with Crippen molar-refractivity contribution in [3.8, 4) is 11.5 Å². The molecule has 0 saturated carbocycles. The van der Waals surface area contributed by atoms with Crippen molar-refractivity contribution >= 4 is 29.5 Å². The van der Waals surface area contributed by atoms with Gasteiger partial charge in [0.2, 0.25) is 11.8 Å². The Labute approximate surface area is 235 Å². The lowest BCUT2D eigenvalue weighted by Crippen LogP contribution is -2.52. The van der Waals surface area contributed by atoms with Gasteiger partial charge in [0.1, 0.15) is 29.2 Å². The number of hydrogen-bond acceptors (Lipinski definition) is 7. The molecule has 0 heterocycles. The first kappa shape index (κ1) is 31.9. The summed E-state index contributed by atoms with van der Waals surface area (Å²) in [4.78, 5) is 53.4. The fourth-order valence-corrected chi connectivity index (χ4v) is 3.94. The third-order valence-electron chi connectivity index (χ3n) is 5.85. The fraction of sp³-hybridized carbons (Fsp3) is 0.448. The van der Waals surface area contributed by atoms with E-state index in [9.17, 15) is 24.3 Å². The van der Waals surface area contributed by atoms with E-state index in [0.29, 0.717) is 24.3 Å². The van der Waals surface area contributed by atoms with E-state index in [0.717, 1.165) is 0 Å². The molecule has 2 aromatic carbocycles. The van der Waals surface area contributed by atoms with Gasteiger partial charge < -0.3 is 35.8 Å². The van der Waals surface area contributed by atoms with Crippen molar-refractivity contribution in [2.45, 2.75) is 71.1 Å². The molecular weight excluding hydrogens is 516 g/mol. The van der Waals surface area contributed by atoms with E-state index in [2.05, 4.69) is 10.6 Å². The number of rotatable bonds is 13. The normalized spacial score (nSPS) is 12.5. The van der Waals surface area contributed by atoms with Gasteiger partial charge in [-0.3, -0.25) is 14.4 Å². The molecule has 40 heavy (non-hydrogen) atoms. The molecule has 0 aliphatic rings. The van der Waals surface area contributed by atoms with Crippen LogP contribution in [0.3, 0.4) is 0 Å². The van der Waals surface area contributed by atoms with Crippen molar-refractivity contribution < 1.29 is 33.8 Å². The number of anilines is 1. The van der Waals surface area contributed by atoms with E-state index < -0.39 is 41.5 Å². The molecule has 2 atom stereocenters. The van der Waals surface area contributed by atoms with Crippen LogP contribution in [0.5, 0.6) is 11.5 Å². The van der Waals surface area contributed by atoms with Crippen molar-refractivity contribution in [2.75, 3.05) is 19.0 Å². The van der Waals surface area contributed by atoms with Crippen molar-refractivity contribution in [3.63, 3.8) is 0 Å². The van der Waals surface area contributed by atoms with E-state index in [4.69, 9.17) is 15.2 Å². The molecule has 2 aromatic rings. The molecule has 218 valence electrons. The standard InChI is InChI=1S/C29H40N4O7/c1-6-7-18-33(27(37)22(16-17-24(30)35)32-28(38)40-29(2,3)4)25(21-10-8-9-11-23(21)34)26(36)31-19-12-14-20(39-5)15-13-19/h8-15,22,25,34H,6-7,16-18H2,1-5H3,(H2,30,35)(H,31,36)(H,32,38). The number of carbonyl (C=O) groups is 4. The van der Waals surface area contributed by atoms with E-state index in [-0.39, 0.29) is 30.7 Å². The van der Waals surface area contributed by atoms with Crippen LogP contribution in [-0.4, -0.2) is 59.1 Å². The minimum Gasteiger partial charge on any atom is -0.508 e. The zero-order valence-electron chi connectivity index (χ0n) is 23.7. The molecule has 4 amide bonds. The molecule has 2 unspecified atom stereocenters. The molecule has 11 nitrogen and oxygen atoms in total. The first-order valence-electron chi connectivity index (χ1n) is 13.2. The molecule has 0 aromatic heterocycles. The van der Waals surface area contributed by atoms with Crippen LogP contribution < -0.4 is 21.1 Å². The lowest BCUT2D eigenvalue weighted by molar-refractivity contribution is -0.141. The molecule has 0 spiro atoms. The monoisotopic (exact) mass is 556 g/mol. The Balaban J connectivity index is 2.53. The second-order valence-electron chi connectivity index (χ2n) is 10.3. The summed E-state index contributed by atoms with van der Waals surface area (Å²) in [6.45, 7) is 7.10. The van der Waals surface area contributed by atoms with Gasteiger partial charge in [-0.25, -0.2) is 4.79 Å². The smallest absolute Gasteiger partial charge is 0.408 e. The molecule has 0 aliphatic carbocycles. The van der Waals surface area contributed by atoms with E-state index in [1.165, 1.54) is 18.1 Å². The van der Waals surface area contributed by atoms with Crippen LogP contribution in [0.1, 0.15) is 65.0 Å². The largest absolute Gasteiger partial charge is 0.508 e.